The smallest absolute Gasteiger partial charge is 0.255 e. The number of nitrogens with zero attached hydrogens (tertiary/aromatic N) is 2. The molecule has 1 atom stereocenters. The molecule has 2 N–H and O–H groups in total. The fraction of sp³-hybridized carbons (Fsp3) is 0.400. The molecule has 0 aromatic heterocycles. The molecule has 0 spiro atoms. The van der Waals surface area contributed by atoms with E-state index in [1.165, 1.54) is 4.90 Å². The van der Waals surface area contributed by atoms with Crippen molar-refractivity contribution in [1.82, 2.24) is 15.1 Å². The number of nitrogens with one attached hydrogen (secondary N) is 2. The molecule has 2 aromatic carbocycles. The summed E-state index contributed by atoms with van der Waals surface area (Å²) < 4.78 is 47.5. The topological polar surface area (TPSA) is 91.0 Å². The zero-order valence-corrected chi connectivity index (χ0v) is 18.1. The highest BCUT2D eigenvalue weighted by Gasteiger charge is 2.39. The number of hydrogen-bond donors (Lipinski definition) is 2. The van der Waals surface area contributed by atoms with E-state index in [1.807, 2.05) is 0 Å². The largest absolute Gasteiger partial charge is 0.381 e. The fourth-order valence-electron chi connectivity index (χ4n) is 4.40. The molecule has 3 amide bonds. The van der Waals surface area contributed by atoms with Crippen molar-refractivity contribution in [3.63, 3.8) is 0 Å². The molecule has 3 aliphatic rings. The van der Waals surface area contributed by atoms with E-state index in [9.17, 15) is 14.4 Å². The predicted octanol–water partition coefficient (Wildman–Crippen LogP) is 1.89. The Hall–Kier alpha value is -3.23. The second-order valence-electron chi connectivity index (χ2n) is 8.25. The van der Waals surface area contributed by atoms with Gasteiger partial charge in [0, 0.05) is 56.0 Å². The number of imide groups is 1. The standard InChI is InChI=1S/C25H28N4O4/c30-23-9-8-22(24(31)27-23)29-16-20-19(25(29)32)6-3-7-21(20)26-14-17-4-1-2-5-18(17)15-28-10-12-33-13-11-28/h1-7,22,26H,8-16H2,(H,27,30,31)/i1D,2D,4D,5D,22D. The Kier molecular flexibility index (Phi) is 4.63. The van der Waals surface area contributed by atoms with Gasteiger partial charge in [0.1, 0.15) is 6.02 Å². The third-order valence-electron chi connectivity index (χ3n) is 6.19. The van der Waals surface area contributed by atoms with Gasteiger partial charge < -0.3 is 15.0 Å². The lowest BCUT2D eigenvalue weighted by Gasteiger charge is -2.29. The summed E-state index contributed by atoms with van der Waals surface area (Å²) in [6, 6.07) is 2.35. The molecule has 33 heavy (non-hydrogen) atoms. The summed E-state index contributed by atoms with van der Waals surface area (Å²) in [5.41, 5.74) is 2.44. The van der Waals surface area contributed by atoms with Gasteiger partial charge in [0.05, 0.1) is 20.1 Å². The Labute approximate surface area is 199 Å². The van der Waals surface area contributed by atoms with Crippen molar-refractivity contribution in [1.29, 1.82) is 0 Å². The third kappa shape index (κ3) is 4.49. The maximum absolute atomic E-state index is 13.2. The first-order valence-electron chi connectivity index (χ1n) is 13.5. The molecule has 8 heteroatoms. The van der Waals surface area contributed by atoms with Gasteiger partial charge in [0.15, 0.2) is 0 Å². The minimum atomic E-state index is -1.90. The summed E-state index contributed by atoms with van der Waals surface area (Å²) in [6.07, 6.45) is -0.124. The molecule has 8 nitrogen and oxygen atoms in total. The summed E-state index contributed by atoms with van der Waals surface area (Å²) in [6.45, 7) is 2.87. The van der Waals surface area contributed by atoms with E-state index >= 15 is 0 Å². The molecule has 0 aliphatic carbocycles. The normalized spacial score (nSPS) is 25.5. The van der Waals surface area contributed by atoms with Crippen molar-refractivity contribution in [2.24, 2.45) is 0 Å². The Balaban J connectivity index is 1.42. The van der Waals surface area contributed by atoms with Crippen LogP contribution in [0.3, 0.4) is 0 Å². The number of amides is 3. The van der Waals surface area contributed by atoms with Gasteiger partial charge in [-0.25, -0.2) is 0 Å². The average molecular weight is 454 g/mol. The predicted molar refractivity (Wildman–Crippen MR) is 122 cm³/mol. The monoisotopic (exact) mass is 453 g/mol. The van der Waals surface area contributed by atoms with Gasteiger partial charge in [-0.1, -0.05) is 30.2 Å². The minimum Gasteiger partial charge on any atom is -0.381 e. The summed E-state index contributed by atoms with van der Waals surface area (Å²) in [7, 11) is 0. The Morgan fingerprint density at radius 2 is 1.94 bits per heavy atom. The van der Waals surface area contributed by atoms with E-state index in [0.29, 0.717) is 60.8 Å². The maximum atomic E-state index is 13.2. The van der Waals surface area contributed by atoms with Crippen LogP contribution in [-0.2, 0) is 34.0 Å². The van der Waals surface area contributed by atoms with Crippen molar-refractivity contribution in [3.05, 3.63) is 64.6 Å². The molecule has 0 saturated carbocycles. The number of ether oxygens (including phenoxy) is 1. The average Bonchev–Trinajstić information content (AvgIpc) is 3.26. The first-order valence-corrected chi connectivity index (χ1v) is 11.0. The van der Waals surface area contributed by atoms with Crippen LogP contribution in [0.2, 0.25) is 0 Å². The number of carbonyl (C=O) groups excluding carboxylic acids is 3. The van der Waals surface area contributed by atoms with E-state index < -0.39 is 23.7 Å². The fourth-order valence-corrected chi connectivity index (χ4v) is 4.40. The van der Waals surface area contributed by atoms with Crippen LogP contribution in [0.15, 0.2) is 42.4 Å². The van der Waals surface area contributed by atoms with Gasteiger partial charge in [-0.3, -0.25) is 24.6 Å². The number of carbonyl (C=O) groups is 3. The lowest BCUT2D eigenvalue weighted by atomic mass is 10.0. The number of benzene rings is 2. The van der Waals surface area contributed by atoms with Gasteiger partial charge in [-0.2, -0.15) is 0 Å². The molecule has 3 aliphatic heterocycles. The molecule has 2 fully saturated rings. The summed E-state index contributed by atoms with van der Waals surface area (Å²) in [5.74, 6) is -1.76. The molecule has 2 saturated heterocycles. The van der Waals surface area contributed by atoms with E-state index in [-0.39, 0.29) is 50.1 Å². The molecule has 0 radical (unpaired) electrons. The van der Waals surface area contributed by atoms with Crippen LogP contribution in [0, 0.1) is 0 Å². The Morgan fingerprint density at radius 1 is 1.15 bits per heavy atom. The molecule has 0 bridgehead atoms. The number of morpholine rings is 1. The summed E-state index contributed by atoms with van der Waals surface area (Å²) in [5, 5.41) is 5.40. The van der Waals surface area contributed by atoms with Crippen molar-refractivity contribution in [2.75, 3.05) is 31.6 Å². The van der Waals surface area contributed by atoms with Crippen LogP contribution in [0.4, 0.5) is 5.69 Å². The van der Waals surface area contributed by atoms with Gasteiger partial charge in [-0.05, 0) is 29.7 Å². The molecule has 2 aromatic rings. The molecule has 5 rings (SSSR count). The number of fused-ring (bicyclic) bond motifs is 1. The van der Waals surface area contributed by atoms with Crippen molar-refractivity contribution >= 4 is 23.4 Å². The van der Waals surface area contributed by atoms with Crippen LogP contribution >= 0.6 is 0 Å². The van der Waals surface area contributed by atoms with Gasteiger partial charge in [-0.15, -0.1) is 0 Å². The van der Waals surface area contributed by atoms with E-state index in [1.54, 1.807) is 18.2 Å². The zero-order chi connectivity index (χ0) is 27.2. The van der Waals surface area contributed by atoms with Crippen LogP contribution in [0.5, 0.6) is 0 Å². The van der Waals surface area contributed by atoms with Crippen molar-refractivity contribution < 1.29 is 26.0 Å². The molecule has 172 valence electrons. The second kappa shape index (κ2) is 9.33. The molecule has 3 heterocycles. The van der Waals surface area contributed by atoms with Crippen LogP contribution in [0.1, 0.15) is 46.7 Å². The van der Waals surface area contributed by atoms with Crippen molar-refractivity contribution in [3.8, 4) is 0 Å². The SMILES string of the molecule is [2H]c1c([2H])c([2H])c(CN2CCOCC2)c(CNc2cccc3c2CN(C2([2H])CCC(=O)NC2=O)C3=O)c1[2H]. The minimum absolute atomic E-state index is 0.00410. The number of piperidine rings is 1. The summed E-state index contributed by atoms with van der Waals surface area (Å²) >= 11 is 0. The zero-order valence-electron chi connectivity index (χ0n) is 23.1. The highest BCUT2D eigenvalue weighted by atomic mass is 16.5. The Morgan fingerprint density at radius 3 is 2.73 bits per heavy atom. The van der Waals surface area contributed by atoms with E-state index in [0.717, 1.165) is 0 Å². The first-order chi connectivity index (χ1) is 18.1. The highest BCUT2D eigenvalue weighted by molar-refractivity contribution is 6.06. The quantitative estimate of drug-likeness (QED) is 0.650. The number of rotatable bonds is 6. The van der Waals surface area contributed by atoms with Crippen molar-refractivity contribution in [2.45, 2.75) is 38.5 Å². The van der Waals surface area contributed by atoms with E-state index in [2.05, 4.69) is 15.5 Å². The third-order valence-corrected chi connectivity index (χ3v) is 6.19. The van der Waals surface area contributed by atoms with Gasteiger partial charge >= 0.3 is 0 Å². The number of hydrogen-bond acceptors (Lipinski definition) is 6. The second-order valence-corrected chi connectivity index (χ2v) is 8.25. The van der Waals surface area contributed by atoms with E-state index in [4.69, 9.17) is 11.6 Å². The summed E-state index contributed by atoms with van der Waals surface area (Å²) in [4.78, 5) is 40.6. The van der Waals surface area contributed by atoms with Crippen LogP contribution in [0.25, 0.3) is 0 Å². The highest BCUT2D eigenvalue weighted by Crippen LogP contribution is 2.32. The van der Waals surface area contributed by atoms with Crippen LogP contribution < -0.4 is 10.6 Å². The lowest BCUT2D eigenvalue weighted by Crippen LogP contribution is -2.52. The number of anilines is 1. The lowest BCUT2D eigenvalue weighted by molar-refractivity contribution is -0.136. The van der Waals surface area contributed by atoms with Crippen LogP contribution in [-0.4, -0.2) is 59.8 Å². The molecular weight excluding hydrogens is 420 g/mol. The maximum Gasteiger partial charge on any atom is 0.255 e. The van der Waals surface area contributed by atoms with Gasteiger partial charge in [0.2, 0.25) is 11.8 Å². The first kappa shape index (κ1) is 16.4. The van der Waals surface area contributed by atoms with Gasteiger partial charge in [0.25, 0.3) is 5.91 Å². The Bertz CT molecular complexity index is 1330. The molecular formula is C25H28N4O4. The molecule has 1 unspecified atom stereocenters.